The zero-order valence-electron chi connectivity index (χ0n) is 14.5. The fraction of sp³-hybridized carbons (Fsp3) is 0.588. The first-order valence-corrected chi connectivity index (χ1v) is 8.35. The highest BCUT2D eigenvalue weighted by Crippen LogP contribution is 2.29. The number of nitrogens with zero attached hydrogens (tertiary/aromatic N) is 1. The second kappa shape index (κ2) is 9.33. The molecule has 0 unspecified atom stereocenters. The van der Waals surface area contributed by atoms with E-state index in [2.05, 4.69) is 15.6 Å². The van der Waals surface area contributed by atoms with Gasteiger partial charge in [0, 0.05) is 31.5 Å². The standard InChI is InChI=1S/C15H21N3O3.C2H4O2/c1-20-14-5-3-11(9-17-14)18-15(19)10-2-4-13-12(8-10)16-6-7-21-13;1-2(3)4/h3,5,9-10,12-13,16H,2,4,6-8H2,1H3,(H,18,19);1H3,(H,3,4)/t10-,12+,13+;/m0./s1. The maximum Gasteiger partial charge on any atom is 0.300 e. The van der Waals surface area contributed by atoms with Gasteiger partial charge < -0.3 is 25.2 Å². The van der Waals surface area contributed by atoms with Crippen molar-refractivity contribution < 1.29 is 24.2 Å². The van der Waals surface area contributed by atoms with E-state index in [1.807, 2.05) is 0 Å². The summed E-state index contributed by atoms with van der Waals surface area (Å²) in [5.41, 5.74) is 0.704. The van der Waals surface area contributed by atoms with E-state index >= 15 is 0 Å². The number of fused-ring (bicyclic) bond motifs is 1. The summed E-state index contributed by atoms with van der Waals surface area (Å²) < 4.78 is 10.7. The lowest BCUT2D eigenvalue weighted by Gasteiger charge is -2.39. The summed E-state index contributed by atoms with van der Waals surface area (Å²) in [6.07, 6.45) is 4.53. The van der Waals surface area contributed by atoms with Crippen molar-refractivity contribution in [1.82, 2.24) is 10.3 Å². The number of carboxylic acids is 1. The van der Waals surface area contributed by atoms with Crippen LogP contribution in [0.1, 0.15) is 26.2 Å². The summed E-state index contributed by atoms with van der Waals surface area (Å²) in [5.74, 6) is -0.201. The number of anilines is 1. The van der Waals surface area contributed by atoms with E-state index in [4.69, 9.17) is 19.4 Å². The van der Waals surface area contributed by atoms with Gasteiger partial charge in [0.05, 0.1) is 31.7 Å². The molecule has 0 bridgehead atoms. The number of aromatic nitrogens is 1. The number of pyridine rings is 1. The van der Waals surface area contributed by atoms with Crippen molar-refractivity contribution in [1.29, 1.82) is 0 Å². The summed E-state index contributed by atoms with van der Waals surface area (Å²) in [5, 5.41) is 13.8. The van der Waals surface area contributed by atoms with Crippen molar-refractivity contribution in [2.75, 3.05) is 25.6 Å². The van der Waals surface area contributed by atoms with Crippen LogP contribution < -0.4 is 15.4 Å². The Morgan fingerprint density at radius 1 is 1.40 bits per heavy atom. The zero-order chi connectivity index (χ0) is 18.2. The molecule has 1 aromatic rings. The number of amides is 1. The average Bonchev–Trinajstić information content (AvgIpc) is 2.61. The third-order valence-electron chi connectivity index (χ3n) is 4.21. The molecule has 8 heteroatoms. The molecular weight excluding hydrogens is 326 g/mol. The highest BCUT2D eigenvalue weighted by atomic mass is 16.5. The first-order chi connectivity index (χ1) is 12.0. The quantitative estimate of drug-likeness (QED) is 0.752. The van der Waals surface area contributed by atoms with Gasteiger partial charge in [0.1, 0.15) is 0 Å². The molecule has 25 heavy (non-hydrogen) atoms. The van der Waals surface area contributed by atoms with Crippen LogP contribution in [0.4, 0.5) is 5.69 Å². The number of carboxylic acid groups (broad SMARTS) is 1. The second-order valence-electron chi connectivity index (χ2n) is 6.08. The number of carbonyl (C=O) groups excluding carboxylic acids is 1. The number of hydrogen-bond acceptors (Lipinski definition) is 6. The molecule has 0 spiro atoms. The molecule has 2 aliphatic rings. The molecular formula is C17H25N3O5. The van der Waals surface area contributed by atoms with Crippen LogP contribution in [0.2, 0.25) is 0 Å². The predicted molar refractivity (Wildman–Crippen MR) is 91.6 cm³/mol. The minimum absolute atomic E-state index is 0.0301. The van der Waals surface area contributed by atoms with E-state index in [-0.39, 0.29) is 17.9 Å². The van der Waals surface area contributed by atoms with Gasteiger partial charge in [-0.15, -0.1) is 0 Å². The van der Waals surface area contributed by atoms with Gasteiger partial charge in [-0.2, -0.15) is 0 Å². The Hall–Kier alpha value is -2.19. The van der Waals surface area contributed by atoms with Gasteiger partial charge in [-0.25, -0.2) is 4.98 Å². The fourth-order valence-electron chi connectivity index (χ4n) is 3.07. The number of rotatable bonds is 3. The second-order valence-corrected chi connectivity index (χ2v) is 6.08. The third-order valence-corrected chi connectivity index (χ3v) is 4.21. The molecule has 1 saturated carbocycles. The van der Waals surface area contributed by atoms with Gasteiger partial charge in [0.15, 0.2) is 0 Å². The summed E-state index contributed by atoms with van der Waals surface area (Å²) in [7, 11) is 1.57. The molecule has 3 N–H and O–H groups in total. The number of nitrogens with one attached hydrogen (secondary N) is 2. The molecule has 2 fully saturated rings. The zero-order valence-corrected chi connectivity index (χ0v) is 14.5. The van der Waals surface area contributed by atoms with Crippen LogP contribution >= 0.6 is 0 Å². The smallest absolute Gasteiger partial charge is 0.300 e. The van der Waals surface area contributed by atoms with E-state index in [1.165, 1.54) is 0 Å². The number of aliphatic carboxylic acids is 1. The van der Waals surface area contributed by atoms with E-state index in [0.717, 1.165) is 39.3 Å². The Bertz CT molecular complexity index is 574. The summed E-state index contributed by atoms with van der Waals surface area (Å²) >= 11 is 0. The number of morpholine rings is 1. The van der Waals surface area contributed by atoms with Crippen LogP contribution in [0.25, 0.3) is 0 Å². The summed E-state index contributed by atoms with van der Waals surface area (Å²) in [6, 6.07) is 3.85. The van der Waals surface area contributed by atoms with Gasteiger partial charge in [-0.1, -0.05) is 0 Å². The van der Waals surface area contributed by atoms with Crippen molar-refractivity contribution in [2.24, 2.45) is 5.92 Å². The molecule has 0 radical (unpaired) electrons. The van der Waals surface area contributed by atoms with Crippen molar-refractivity contribution >= 4 is 17.6 Å². The lowest BCUT2D eigenvalue weighted by molar-refractivity contribution is -0.134. The SMILES string of the molecule is CC(=O)O.COc1ccc(NC(=O)[C@H]2CC[C@H]3OCCN[C@@H]3C2)cn1. The molecule has 3 rings (SSSR count). The number of hydrogen-bond donors (Lipinski definition) is 3. The van der Waals surface area contributed by atoms with Crippen LogP contribution in [-0.4, -0.2) is 54.4 Å². The van der Waals surface area contributed by atoms with Crippen molar-refractivity contribution in [3.05, 3.63) is 18.3 Å². The fourth-order valence-corrected chi connectivity index (χ4v) is 3.07. The highest BCUT2D eigenvalue weighted by Gasteiger charge is 2.35. The van der Waals surface area contributed by atoms with Gasteiger partial charge >= 0.3 is 0 Å². The third kappa shape index (κ3) is 5.99. The van der Waals surface area contributed by atoms with Crippen LogP contribution in [0.5, 0.6) is 5.88 Å². The van der Waals surface area contributed by atoms with Gasteiger partial charge in [0.2, 0.25) is 11.8 Å². The molecule has 2 heterocycles. The molecule has 8 nitrogen and oxygen atoms in total. The lowest BCUT2D eigenvalue weighted by Crippen LogP contribution is -2.52. The molecule has 3 atom stereocenters. The Balaban J connectivity index is 0.000000511. The minimum Gasteiger partial charge on any atom is -0.481 e. The Morgan fingerprint density at radius 3 is 2.80 bits per heavy atom. The maximum atomic E-state index is 12.4. The van der Waals surface area contributed by atoms with E-state index in [9.17, 15) is 4.79 Å². The lowest BCUT2D eigenvalue weighted by atomic mass is 9.82. The maximum absolute atomic E-state index is 12.4. The van der Waals surface area contributed by atoms with Gasteiger partial charge in [-0.3, -0.25) is 9.59 Å². The first-order valence-electron chi connectivity index (χ1n) is 8.35. The van der Waals surface area contributed by atoms with Crippen molar-refractivity contribution in [2.45, 2.75) is 38.3 Å². The summed E-state index contributed by atoms with van der Waals surface area (Å²) in [6.45, 7) is 2.73. The number of carbonyl (C=O) groups is 2. The Labute approximate surface area is 146 Å². The van der Waals surface area contributed by atoms with Crippen LogP contribution in [0, 0.1) is 5.92 Å². The topological polar surface area (TPSA) is 110 Å². The van der Waals surface area contributed by atoms with E-state index in [1.54, 1.807) is 25.4 Å². The largest absolute Gasteiger partial charge is 0.481 e. The monoisotopic (exact) mass is 351 g/mol. The highest BCUT2D eigenvalue weighted by molar-refractivity contribution is 5.92. The van der Waals surface area contributed by atoms with Crippen LogP contribution in [-0.2, 0) is 14.3 Å². The van der Waals surface area contributed by atoms with Crippen molar-refractivity contribution in [3.63, 3.8) is 0 Å². The Kier molecular flexibility index (Phi) is 7.15. The molecule has 1 aromatic heterocycles. The predicted octanol–water partition coefficient (Wildman–Crippen LogP) is 1.28. The van der Waals surface area contributed by atoms with Crippen LogP contribution in [0.15, 0.2) is 18.3 Å². The van der Waals surface area contributed by atoms with Crippen LogP contribution in [0.3, 0.4) is 0 Å². The molecule has 1 amide bonds. The number of ether oxygens (including phenoxy) is 2. The van der Waals surface area contributed by atoms with Gasteiger partial charge in [0.25, 0.3) is 5.97 Å². The van der Waals surface area contributed by atoms with E-state index < -0.39 is 5.97 Å². The number of methoxy groups -OCH3 is 1. The molecule has 1 aliphatic heterocycles. The molecule has 1 saturated heterocycles. The van der Waals surface area contributed by atoms with E-state index in [0.29, 0.717) is 17.6 Å². The minimum atomic E-state index is -0.833. The average molecular weight is 351 g/mol. The molecule has 1 aliphatic carbocycles. The summed E-state index contributed by atoms with van der Waals surface area (Å²) in [4.78, 5) is 25.4. The van der Waals surface area contributed by atoms with Gasteiger partial charge in [-0.05, 0) is 25.3 Å². The Morgan fingerprint density at radius 2 is 2.16 bits per heavy atom. The first kappa shape index (κ1) is 19.1. The van der Waals surface area contributed by atoms with Crippen molar-refractivity contribution in [3.8, 4) is 5.88 Å². The molecule has 138 valence electrons. The molecule has 0 aromatic carbocycles. The normalized spacial score (nSPS) is 25.0.